The van der Waals surface area contributed by atoms with E-state index >= 15 is 0 Å². The Morgan fingerprint density at radius 3 is 2.71 bits per heavy atom. The Labute approximate surface area is 103 Å². The molecule has 0 N–H and O–H groups in total. The molecule has 94 valence electrons. The van der Waals surface area contributed by atoms with Crippen LogP contribution in [0.5, 0.6) is 0 Å². The second kappa shape index (κ2) is 7.01. The molecular weight excluding hydrogens is 246 g/mol. The van der Waals surface area contributed by atoms with Crippen LogP contribution in [0.15, 0.2) is 17.2 Å². The van der Waals surface area contributed by atoms with Crippen LogP contribution in [0.1, 0.15) is 25.7 Å². The van der Waals surface area contributed by atoms with Crippen LogP contribution < -0.4 is 5.69 Å². The van der Waals surface area contributed by atoms with Gasteiger partial charge in [-0.2, -0.15) is 4.98 Å². The minimum Gasteiger partial charge on any atom is -0.292 e. The molecular formula is C10H14ClN3O3. The van der Waals surface area contributed by atoms with Gasteiger partial charge in [0.05, 0.1) is 11.1 Å². The Bertz CT molecular complexity index is 433. The molecule has 6 nitrogen and oxygen atoms in total. The van der Waals surface area contributed by atoms with Crippen LogP contribution in [0.25, 0.3) is 0 Å². The smallest absolute Gasteiger partial charge is 0.292 e. The second-order valence-corrected chi connectivity index (χ2v) is 4.03. The summed E-state index contributed by atoms with van der Waals surface area (Å²) in [6.45, 7) is 0.454. The quantitative estimate of drug-likeness (QED) is 0.324. The van der Waals surface area contributed by atoms with Gasteiger partial charge in [-0.15, -0.1) is 11.6 Å². The zero-order valence-electron chi connectivity index (χ0n) is 9.34. The normalized spacial score (nSPS) is 10.4. The molecule has 0 fully saturated rings. The number of nitrogens with zero attached hydrogens (tertiary/aromatic N) is 3. The Balaban J connectivity index is 2.55. The van der Waals surface area contributed by atoms with Gasteiger partial charge in [0.25, 0.3) is 0 Å². The first-order valence-corrected chi connectivity index (χ1v) is 5.95. The lowest BCUT2D eigenvalue weighted by molar-refractivity contribution is -0.385. The summed E-state index contributed by atoms with van der Waals surface area (Å²) in [7, 11) is 0. The van der Waals surface area contributed by atoms with Gasteiger partial charge in [-0.1, -0.05) is 12.8 Å². The van der Waals surface area contributed by atoms with Crippen molar-refractivity contribution in [3.63, 3.8) is 0 Å². The third kappa shape index (κ3) is 4.52. The molecule has 0 radical (unpaired) electrons. The fourth-order valence-corrected chi connectivity index (χ4v) is 1.62. The lowest BCUT2D eigenvalue weighted by atomic mass is 10.2. The van der Waals surface area contributed by atoms with Crippen molar-refractivity contribution in [1.82, 2.24) is 9.55 Å². The van der Waals surface area contributed by atoms with Gasteiger partial charge in [-0.05, 0) is 12.8 Å². The zero-order chi connectivity index (χ0) is 12.7. The monoisotopic (exact) mass is 259 g/mol. The molecule has 0 atom stereocenters. The summed E-state index contributed by atoms with van der Waals surface area (Å²) in [4.78, 5) is 24.7. The molecule has 0 aromatic carbocycles. The molecule has 1 heterocycles. The van der Waals surface area contributed by atoms with Gasteiger partial charge in [0.15, 0.2) is 0 Å². The maximum absolute atomic E-state index is 11.3. The van der Waals surface area contributed by atoms with Gasteiger partial charge < -0.3 is 0 Å². The van der Waals surface area contributed by atoms with Gasteiger partial charge in [0.2, 0.25) is 0 Å². The van der Waals surface area contributed by atoms with Crippen molar-refractivity contribution in [2.24, 2.45) is 0 Å². The van der Waals surface area contributed by atoms with Crippen LogP contribution in [-0.2, 0) is 6.54 Å². The summed E-state index contributed by atoms with van der Waals surface area (Å²) in [6, 6.07) is 0. The fraction of sp³-hybridized carbons (Fsp3) is 0.600. The van der Waals surface area contributed by atoms with Crippen molar-refractivity contribution in [3.8, 4) is 0 Å². The third-order valence-electron chi connectivity index (χ3n) is 2.33. The molecule has 7 heteroatoms. The molecule has 0 spiro atoms. The van der Waals surface area contributed by atoms with Crippen LogP contribution in [0.4, 0.5) is 5.69 Å². The first-order chi connectivity index (χ1) is 8.15. The van der Waals surface area contributed by atoms with Crippen LogP contribution in [0.3, 0.4) is 0 Å². The average molecular weight is 260 g/mol. The summed E-state index contributed by atoms with van der Waals surface area (Å²) in [6.07, 6.45) is 5.90. The van der Waals surface area contributed by atoms with Gasteiger partial charge in [0.1, 0.15) is 6.20 Å². The van der Waals surface area contributed by atoms with Crippen LogP contribution in [-0.4, -0.2) is 20.4 Å². The highest BCUT2D eigenvalue weighted by atomic mass is 35.5. The number of aromatic nitrogens is 2. The van der Waals surface area contributed by atoms with E-state index in [1.165, 1.54) is 10.8 Å². The van der Waals surface area contributed by atoms with E-state index in [0.29, 0.717) is 12.4 Å². The van der Waals surface area contributed by atoms with E-state index in [0.717, 1.165) is 31.9 Å². The van der Waals surface area contributed by atoms with E-state index in [1.54, 1.807) is 0 Å². The lowest BCUT2D eigenvalue weighted by Gasteiger charge is -2.03. The number of nitro groups is 1. The molecule has 0 aliphatic carbocycles. The Morgan fingerprint density at radius 1 is 1.35 bits per heavy atom. The van der Waals surface area contributed by atoms with Crippen molar-refractivity contribution < 1.29 is 4.92 Å². The highest BCUT2D eigenvalue weighted by Gasteiger charge is 2.08. The summed E-state index contributed by atoms with van der Waals surface area (Å²) in [5, 5.41) is 10.5. The molecule has 17 heavy (non-hydrogen) atoms. The highest BCUT2D eigenvalue weighted by Crippen LogP contribution is 2.07. The van der Waals surface area contributed by atoms with Crippen molar-refractivity contribution in [2.75, 3.05) is 5.88 Å². The molecule has 0 unspecified atom stereocenters. The minimum absolute atomic E-state index is 0.162. The minimum atomic E-state index is -0.559. The molecule has 0 amide bonds. The number of alkyl halides is 1. The number of hydrogen-bond acceptors (Lipinski definition) is 4. The fourth-order valence-electron chi connectivity index (χ4n) is 1.43. The van der Waals surface area contributed by atoms with Gasteiger partial charge in [-0.25, -0.2) is 4.79 Å². The molecule has 0 saturated carbocycles. The van der Waals surface area contributed by atoms with Crippen molar-refractivity contribution in [2.45, 2.75) is 32.2 Å². The van der Waals surface area contributed by atoms with E-state index in [2.05, 4.69) is 4.98 Å². The maximum Gasteiger partial charge on any atom is 0.347 e. The topological polar surface area (TPSA) is 78.0 Å². The highest BCUT2D eigenvalue weighted by molar-refractivity contribution is 6.17. The molecule has 0 aliphatic heterocycles. The Kier molecular flexibility index (Phi) is 5.62. The van der Waals surface area contributed by atoms with Gasteiger partial charge in [-0.3, -0.25) is 14.7 Å². The van der Waals surface area contributed by atoms with Gasteiger partial charge >= 0.3 is 11.4 Å². The average Bonchev–Trinajstić information content (AvgIpc) is 2.30. The maximum atomic E-state index is 11.3. The van der Waals surface area contributed by atoms with E-state index in [1.807, 2.05) is 0 Å². The zero-order valence-corrected chi connectivity index (χ0v) is 10.1. The van der Waals surface area contributed by atoms with Crippen molar-refractivity contribution in [1.29, 1.82) is 0 Å². The van der Waals surface area contributed by atoms with Crippen molar-refractivity contribution >= 4 is 17.3 Å². The van der Waals surface area contributed by atoms with Gasteiger partial charge in [0, 0.05) is 12.4 Å². The number of rotatable bonds is 7. The SMILES string of the molecule is O=c1ncc([N+](=O)[O-])cn1CCCCCCCl. The third-order valence-corrected chi connectivity index (χ3v) is 2.60. The van der Waals surface area contributed by atoms with Crippen LogP contribution >= 0.6 is 11.6 Å². The Morgan fingerprint density at radius 2 is 2.06 bits per heavy atom. The summed E-state index contributed by atoms with van der Waals surface area (Å²) in [5.74, 6) is 0.637. The molecule has 0 aliphatic rings. The van der Waals surface area contributed by atoms with E-state index in [4.69, 9.17) is 11.6 Å². The molecule has 0 bridgehead atoms. The number of hydrogen-bond donors (Lipinski definition) is 0. The number of unbranched alkanes of at least 4 members (excludes halogenated alkanes) is 3. The standard InChI is InChI=1S/C10H14ClN3O3/c11-5-3-1-2-4-6-13-8-9(14(16)17)7-12-10(13)15/h7-8H,1-6H2. The number of halogens is 1. The predicted molar refractivity (Wildman–Crippen MR) is 64.3 cm³/mol. The molecule has 1 rings (SSSR count). The van der Waals surface area contributed by atoms with E-state index in [9.17, 15) is 14.9 Å². The van der Waals surface area contributed by atoms with Crippen molar-refractivity contribution in [3.05, 3.63) is 33.0 Å². The predicted octanol–water partition coefficient (Wildman–Crippen LogP) is 1.95. The summed E-state index contributed by atoms with van der Waals surface area (Å²) in [5.41, 5.74) is -0.613. The van der Waals surface area contributed by atoms with Crippen LogP contribution in [0.2, 0.25) is 0 Å². The Hall–Kier alpha value is -1.43. The molecule has 0 saturated heterocycles. The largest absolute Gasteiger partial charge is 0.347 e. The first kappa shape index (κ1) is 13.6. The second-order valence-electron chi connectivity index (χ2n) is 3.65. The van der Waals surface area contributed by atoms with E-state index in [-0.39, 0.29) is 5.69 Å². The lowest BCUT2D eigenvalue weighted by Crippen LogP contribution is -2.22. The summed E-state index contributed by atoms with van der Waals surface area (Å²) < 4.78 is 1.28. The van der Waals surface area contributed by atoms with E-state index < -0.39 is 10.6 Å². The molecule has 1 aromatic rings. The number of aryl methyl sites for hydroxylation is 1. The van der Waals surface area contributed by atoms with Crippen LogP contribution in [0, 0.1) is 10.1 Å². The molecule has 1 aromatic heterocycles. The summed E-state index contributed by atoms with van der Waals surface area (Å²) >= 11 is 5.54. The first-order valence-electron chi connectivity index (χ1n) is 5.42.